The van der Waals surface area contributed by atoms with E-state index in [2.05, 4.69) is 42.6 Å². The van der Waals surface area contributed by atoms with E-state index in [1.807, 2.05) is 7.05 Å². The van der Waals surface area contributed by atoms with Crippen LogP contribution in [0.25, 0.3) is 0 Å². The fraction of sp³-hybridized carbons (Fsp3) is 1.00. The number of hydrogen-bond donors (Lipinski definition) is 2. The lowest BCUT2D eigenvalue weighted by molar-refractivity contribution is 0.278. The molecule has 0 bridgehead atoms. The molecule has 0 aliphatic heterocycles. The lowest BCUT2D eigenvalue weighted by Crippen LogP contribution is -2.43. The molecule has 0 amide bonds. The number of nitrogens with one attached hydrogen (secondary N) is 2. The van der Waals surface area contributed by atoms with Gasteiger partial charge in [0.15, 0.2) is 0 Å². The van der Waals surface area contributed by atoms with Crippen LogP contribution in [0.15, 0.2) is 0 Å². The zero-order valence-electron chi connectivity index (χ0n) is 13.8. The largest absolute Gasteiger partial charge is 0.314 e. The van der Waals surface area contributed by atoms with Gasteiger partial charge in [0.05, 0.1) is 0 Å². The minimum Gasteiger partial charge on any atom is -0.314 e. The number of likely N-dealkylation sites (N-methyl/N-ethyl adjacent to an activating group) is 1. The molecule has 0 radical (unpaired) electrons. The van der Waals surface area contributed by atoms with Crippen molar-refractivity contribution in [3.05, 3.63) is 0 Å². The van der Waals surface area contributed by atoms with Crippen LogP contribution in [-0.4, -0.2) is 70.0 Å². The van der Waals surface area contributed by atoms with Crippen molar-refractivity contribution >= 4 is 10.2 Å². The van der Waals surface area contributed by atoms with Gasteiger partial charge in [0, 0.05) is 38.8 Å². The van der Waals surface area contributed by atoms with Gasteiger partial charge >= 0.3 is 0 Å². The lowest BCUT2D eigenvalue weighted by atomic mass is 10.3. The summed E-state index contributed by atoms with van der Waals surface area (Å²) >= 11 is 0. The quantitative estimate of drug-likeness (QED) is 0.545. The number of hydrogen-bond acceptors (Lipinski definition) is 4. The molecular formula is C13H32N4O2S. The highest BCUT2D eigenvalue weighted by atomic mass is 32.2. The van der Waals surface area contributed by atoms with E-state index < -0.39 is 10.2 Å². The van der Waals surface area contributed by atoms with Gasteiger partial charge < -0.3 is 10.2 Å². The molecule has 0 aromatic heterocycles. The molecule has 0 aromatic carbocycles. The predicted octanol–water partition coefficient (Wildman–Crippen LogP) is 0.481. The summed E-state index contributed by atoms with van der Waals surface area (Å²) in [7, 11) is 0.248. The highest BCUT2D eigenvalue weighted by Gasteiger charge is 2.16. The molecule has 20 heavy (non-hydrogen) atoms. The molecule has 0 saturated carbocycles. The maximum Gasteiger partial charge on any atom is 0.279 e. The molecule has 0 aliphatic rings. The minimum absolute atomic E-state index is 0.416. The zero-order valence-corrected chi connectivity index (χ0v) is 14.6. The van der Waals surface area contributed by atoms with Crippen LogP contribution in [0.5, 0.6) is 0 Å². The Morgan fingerprint density at radius 2 is 1.60 bits per heavy atom. The number of rotatable bonds is 11. The first-order chi connectivity index (χ1) is 9.16. The molecule has 6 nitrogen and oxygen atoms in total. The lowest BCUT2D eigenvalue weighted by Gasteiger charge is -2.22. The van der Waals surface area contributed by atoms with Crippen molar-refractivity contribution in [3.8, 4) is 0 Å². The predicted molar refractivity (Wildman–Crippen MR) is 85.1 cm³/mol. The van der Waals surface area contributed by atoms with Crippen molar-refractivity contribution in [1.29, 1.82) is 0 Å². The summed E-state index contributed by atoms with van der Waals surface area (Å²) in [6.07, 6.45) is 0.807. The SMILES string of the molecule is CC(C)NCCCN(C)S(=O)(=O)NCCN(C)C(C)C. The Morgan fingerprint density at radius 1 is 1.00 bits per heavy atom. The Morgan fingerprint density at radius 3 is 2.10 bits per heavy atom. The van der Waals surface area contributed by atoms with Gasteiger partial charge in [0.25, 0.3) is 10.2 Å². The molecule has 0 aliphatic carbocycles. The van der Waals surface area contributed by atoms with Gasteiger partial charge in [-0.25, -0.2) is 4.72 Å². The van der Waals surface area contributed by atoms with Crippen molar-refractivity contribution < 1.29 is 8.42 Å². The zero-order chi connectivity index (χ0) is 15.8. The minimum atomic E-state index is -3.35. The van der Waals surface area contributed by atoms with Crippen LogP contribution in [0.1, 0.15) is 34.1 Å². The summed E-state index contributed by atoms with van der Waals surface area (Å²) in [5.74, 6) is 0. The maximum absolute atomic E-state index is 12.0. The van der Waals surface area contributed by atoms with Crippen LogP contribution in [0.2, 0.25) is 0 Å². The Hall–Kier alpha value is -0.210. The summed E-state index contributed by atoms with van der Waals surface area (Å²) in [6, 6.07) is 0.848. The van der Waals surface area contributed by atoms with Crippen LogP contribution < -0.4 is 10.0 Å². The van der Waals surface area contributed by atoms with Crippen LogP contribution >= 0.6 is 0 Å². The molecule has 0 rings (SSSR count). The van der Waals surface area contributed by atoms with E-state index in [-0.39, 0.29) is 0 Å². The molecule has 7 heteroatoms. The van der Waals surface area contributed by atoms with E-state index in [4.69, 9.17) is 0 Å². The summed E-state index contributed by atoms with van der Waals surface area (Å²) in [5, 5.41) is 3.27. The van der Waals surface area contributed by atoms with E-state index in [9.17, 15) is 8.42 Å². The maximum atomic E-state index is 12.0. The molecular weight excluding hydrogens is 276 g/mol. The van der Waals surface area contributed by atoms with Gasteiger partial charge in [-0.2, -0.15) is 12.7 Å². The normalized spacial score (nSPS) is 13.1. The molecule has 0 fully saturated rings. The van der Waals surface area contributed by atoms with Gasteiger partial charge in [-0.05, 0) is 33.9 Å². The summed E-state index contributed by atoms with van der Waals surface area (Å²) < 4.78 is 28.0. The smallest absolute Gasteiger partial charge is 0.279 e. The van der Waals surface area contributed by atoms with Crippen LogP contribution in [0, 0.1) is 0 Å². The highest BCUT2D eigenvalue weighted by molar-refractivity contribution is 7.87. The summed E-state index contributed by atoms with van der Waals surface area (Å²) in [6.45, 7) is 10.8. The average molecular weight is 308 g/mol. The number of nitrogens with zero attached hydrogens (tertiary/aromatic N) is 2. The topological polar surface area (TPSA) is 64.7 Å². The second-order valence-electron chi connectivity index (χ2n) is 5.76. The Labute approximate surface area is 125 Å². The first kappa shape index (κ1) is 19.8. The van der Waals surface area contributed by atoms with Crippen molar-refractivity contribution in [2.75, 3.05) is 40.3 Å². The molecule has 0 aromatic rings. The Kier molecular flexibility index (Phi) is 9.58. The van der Waals surface area contributed by atoms with Crippen molar-refractivity contribution in [1.82, 2.24) is 19.2 Å². The average Bonchev–Trinajstić information content (AvgIpc) is 2.33. The first-order valence-electron chi connectivity index (χ1n) is 7.31. The van der Waals surface area contributed by atoms with E-state index >= 15 is 0 Å². The van der Waals surface area contributed by atoms with Crippen molar-refractivity contribution in [2.24, 2.45) is 0 Å². The fourth-order valence-corrected chi connectivity index (χ4v) is 2.47. The third-order valence-corrected chi connectivity index (χ3v) is 4.82. The second-order valence-corrected chi connectivity index (χ2v) is 7.62. The molecule has 0 atom stereocenters. The molecule has 0 saturated heterocycles. The van der Waals surface area contributed by atoms with Crippen LogP contribution in [0.4, 0.5) is 0 Å². The monoisotopic (exact) mass is 308 g/mol. The summed E-state index contributed by atoms with van der Waals surface area (Å²) in [4.78, 5) is 2.11. The summed E-state index contributed by atoms with van der Waals surface area (Å²) in [5.41, 5.74) is 0. The standard InChI is InChI=1S/C13H32N4O2S/c1-12(2)14-8-7-10-17(6)20(18,19)15-9-11-16(5)13(3)4/h12-15H,7-11H2,1-6H3. The van der Waals surface area contributed by atoms with Gasteiger partial charge in [-0.1, -0.05) is 13.8 Å². The van der Waals surface area contributed by atoms with E-state index in [0.29, 0.717) is 31.7 Å². The third-order valence-electron chi connectivity index (χ3n) is 3.24. The van der Waals surface area contributed by atoms with Gasteiger partial charge in [-0.15, -0.1) is 0 Å². The molecule has 0 heterocycles. The van der Waals surface area contributed by atoms with Gasteiger partial charge in [-0.3, -0.25) is 0 Å². The second kappa shape index (κ2) is 9.68. The van der Waals surface area contributed by atoms with Gasteiger partial charge in [0.2, 0.25) is 0 Å². The molecule has 0 spiro atoms. The van der Waals surface area contributed by atoms with Crippen molar-refractivity contribution in [3.63, 3.8) is 0 Å². The van der Waals surface area contributed by atoms with E-state index in [0.717, 1.165) is 13.0 Å². The molecule has 122 valence electrons. The highest BCUT2D eigenvalue weighted by Crippen LogP contribution is 1.97. The molecule has 0 unspecified atom stereocenters. The third kappa shape index (κ3) is 8.86. The first-order valence-corrected chi connectivity index (χ1v) is 8.75. The Bertz CT molecular complexity index is 344. The Balaban J connectivity index is 3.97. The fourth-order valence-electron chi connectivity index (χ4n) is 1.53. The molecule has 2 N–H and O–H groups in total. The van der Waals surface area contributed by atoms with Crippen LogP contribution in [0.3, 0.4) is 0 Å². The van der Waals surface area contributed by atoms with Crippen LogP contribution in [-0.2, 0) is 10.2 Å². The van der Waals surface area contributed by atoms with E-state index in [1.165, 1.54) is 4.31 Å². The van der Waals surface area contributed by atoms with Gasteiger partial charge in [0.1, 0.15) is 0 Å². The van der Waals surface area contributed by atoms with Crippen molar-refractivity contribution in [2.45, 2.75) is 46.2 Å². The van der Waals surface area contributed by atoms with E-state index in [1.54, 1.807) is 7.05 Å².